The third kappa shape index (κ3) is 3.52. The van der Waals surface area contributed by atoms with E-state index in [2.05, 4.69) is 0 Å². The van der Waals surface area contributed by atoms with Gasteiger partial charge in [0, 0.05) is 0 Å². The van der Waals surface area contributed by atoms with Gasteiger partial charge in [0.05, 0.1) is 5.02 Å². The number of halogens is 1. The van der Waals surface area contributed by atoms with E-state index in [1.54, 1.807) is 24.3 Å². The lowest BCUT2D eigenvalue weighted by molar-refractivity contribution is -0.136. The van der Waals surface area contributed by atoms with Gasteiger partial charge in [-0.3, -0.25) is 0 Å². The maximum atomic E-state index is 11.8. The topological polar surface area (TPSA) is 35.5 Å². The molecule has 0 atom stereocenters. The van der Waals surface area contributed by atoms with Gasteiger partial charge >= 0.3 is 5.97 Å². The summed E-state index contributed by atoms with van der Waals surface area (Å²) in [4.78, 5) is 11.8. The van der Waals surface area contributed by atoms with Crippen molar-refractivity contribution in [1.82, 2.24) is 0 Å². The van der Waals surface area contributed by atoms with E-state index in [1.807, 2.05) is 32.0 Å². The van der Waals surface area contributed by atoms with Crippen LogP contribution in [0.15, 0.2) is 42.5 Å². The van der Waals surface area contributed by atoms with Crippen LogP contribution in [0, 0.1) is 13.8 Å². The van der Waals surface area contributed by atoms with Gasteiger partial charge in [-0.1, -0.05) is 41.9 Å². The molecule has 0 amide bonds. The standard InChI is InChI=1S/C16H15ClO3/c1-11-6-5-7-12(2)16(11)19-10-15(18)20-14-9-4-3-8-13(14)17/h3-9H,10H2,1-2H3. The number of ether oxygens (including phenoxy) is 2. The quantitative estimate of drug-likeness (QED) is 0.632. The summed E-state index contributed by atoms with van der Waals surface area (Å²) < 4.78 is 10.7. The number of esters is 1. The van der Waals surface area contributed by atoms with Crippen LogP contribution in [-0.2, 0) is 4.79 Å². The van der Waals surface area contributed by atoms with Crippen molar-refractivity contribution in [2.75, 3.05) is 6.61 Å². The van der Waals surface area contributed by atoms with Crippen molar-refractivity contribution in [3.05, 3.63) is 58.6 Å². The first kappa shape index (κ1) is 14.4. The van der Waals surface area contributed by atoms with Crippen LogP contribution in [0.3, 0.4) is 0 Å². The molecule has 0 fully saturated rings. The molecule has 0 spiro atoms. The van der Waals surface area contributed by atoms with Crippen LogP contribution >= 0.6 is 11.6 Å². The minimum absolute atomic E-state index is 0.156. The van der Waals surface area contributed by atoms with Gasteiger partial charge in [0.15, 0.2) is 6.61 Å². The molecule has 2 aromatic carbocycles. The van der Waals surface area contributed by atoms with E-state index < -0.39 is 5.97 Å². The van der Waals surface area contributed by atoms with Crippen molar-refractivity contribution in [3.63, 3.8) is 0 Å². The molecule has 0 radical (unpaired) electrons. The Morgan fingerprint density at radius 1 is 1.05 bits per heavy atom. The number of carbonyl (C=O) groups is 1. The Morgan fingerprint density at radius 2 is 1.70 bits per heavy atom. The van der Waals surface area contributed by atoms with Crippen molar-refractivity contribution in [3.8, 4) is 11.5 Å². The Kier molecular flexibility index (Phi) is 4.64. The van der Waals surface area contributed by atoms with Crippen molar-refractivity contribution >= 4 is 17.6 Å². The van der Waals surface area contributed by atoms with E-state index in [9.17, 15) is 4.79 Å². The van der Waals surface area contributed by atoms with E-state index >= 15 is 0 Å². The molecule has 0 aliphatic rings. The van der Waals surface area contributed by atoms with Gasteiger partial charge in [0.1, 0.15) is 11.5 Å². The first-order valence-corrected chi connectivity index (χ1v) is 6.60. The monoisotopic (exact) mass is 290 g/mol. The summed E-state index contributed by atoms with van der Waals surface area (Å²) in [5, 5.41) is 0.396. The predicted octanol–water partition coefficient (Wildman–Crippen LogP) is 3.94. The molecule has 2 aromatic rings. The summed E-state index contributed by atoms with van der Waals surface area (Å²) in [6.45, 7) is 3.71. The van der Waals surface area contributed by atoms with Gasteiger partial charge < -0.3 is 9.47 Å². The second kappa shape index (κ2) is 6.44. The second-order valence-electron chi connectivity index (χ2n) is 4.41. The third-order valence-electron chi connectivity index (χ3n) is 2.80. The Bertz CT molecular complexity index is 603. The third-order valence-corrected chi connectivity index (χ3v) is 3.12. The van der Waals surface area contributed by atoms with Crippen molar-refractivity contribution in [2.45, 2.75) is 13.8 Å². The van der Waals surface area contributed by atoms with Crippen LogP contribution in [0.25, 0.3) is 0 Å². The summed E-state index contributed by atoms with van der Waals surface area (Å²) >= 11 is 5.92. The molecule has 0 aliphatic heterocycles. The van der Waals surface area contributed by atoms with Crippen molar-refractivity contribution < 1.29 is 14.3 Å². The fourth-order valence-corrected chi connectivity index (χ4v) is 2.01. The molecular formula is C16H15ClO3. The van der Waals surface area contributed by atoms with Gasteiger partial charge in [0.25, 0.3) is 0 Å². The van der Waals surface area contributed by atoms with Crippen LogP contribution in [0.5, 0.6) is 11.5 Å². The number of hydrogen-bond donors (Lipinski definition) is 0. The van der Waals surface area contributed by atoms with Crippen LogP contribution in [0.2, 0.25) is 5.02 Å². The number of carbonyl (C=O) groups excluding carboxylic acids is 1. The van der Waals surface area contributed by atoms with Crippen molar-refractivity contribution in [2.24, 2.45) is 0 Å². The fourth-order valence-electron chi connectivity index (χ4n) is 1.84. The summed E-state index contributed by atoms with van der Waals surface area (Å²) in [6, 6.07) is 12.6. The van der Waals surface area contributed by atoms with Crippen LogP contribution in [-0.4, -0.2) is 12.6 Å². The Balaban J connectivity index is 1.98. The molecule has 0 N–H and O–H groups in total. The number of rotatable bonds is 4. The van der Waals surface area contributed by atoms with Crippen LogP contribution in [0.4, 0.5) is 0 Å². The highest BCUT2D eigenvalue weighted by molar-refractivity contribution is 6.32. The first-order chi connectivity index (χ1) is 9.58. The van der Waals surface area contributed by atoms with Crippen molar-refractivity contribution in [1.29, 1.82) is 0 Å². The minimum Gasteiger partial charge on any atom is -0.481 e. The highest BCUT2D eigenvalue weighted by Crippen LogP contribution is 2.24. The predicted molar refractivity (Wildman–Crippen MR) is 78.5 cm³/mol. The van der Waals surface area contributed by atoms with Crippen LogP contribution < -0.4 is 9.47 Å². The average Bonchev–Trinajstić information content (AvgIpc) is 2.41. The molecule has 4 heteroatoms. The number of hydrogen-bond acceptors (Lipinski definition) is 3. The molecule has 3 nitrogen and oxygen atoms in total. The van der Waals surface area contributed by atoms with E-state index in [-0.39, 0.29) is 6.61 Å². The molecule has 0 saturated carbocycles. The SMILES string of the molecule is Cc1cccc(C)c1OCC(=O)Oc1ccccc1Cl. The molecule has 0 unspecified atom stereocenters. The van der Waals surface area contributed by atoms with Gasteiger partial charge in [-0.25, -0.2) is 4.79 Å². The van der Waals surface area contributed by atoms with Gasteiger partial charge in [-0.05, 0) is 37.1 Å². The lowest BCUT2D eigenvalue weighted by Crippen LogP contribution is -2.18. The molecule has 0 bridgehead atoms. The lowest BCUT2D eigenvalue weighted by Gasteiger charge is -2.11. The van der Waals surface area contributed by atoms with E-state index in [0.717, 1.165) is 11.1 Å². The largest absolute Gasteiger partial charge is 0.481 e. The van der Waals surface area contributed by atoms with Crippen LogP contribution in [0.1, 0.15) is 11.1 Å². The van der Waals surface area contributed by atoms with Gasteiger partial charge in [0.2, 0.25) is 0 Å². The Labute approximate surface area is 123 Å². The second-order valence-corrected chi connectivity index (χ2v) is 4.82. The highest BCUT2D eigenvalue weighted by Gasteiger charge is 2.10. The molecule has 20 heavy (non-hydrogen) atoms. The molecule has 0 saturated heterocycles. The van der Waals surface area contributed by atoms with E-state index in [1.165, 1.54) is 0 Å². The summed E-state index contributed by atoms with van der Waals surface area (Å²) in [5.74, 6) is 0.564. The minimum atomic E-state index is -0.485. The van der Waals surface area contributed by atoms with E-state index in [4.69, 9.17) is 21.1 Å². The fraction of sp³-hybridized carbons (Fsp3) is 0.188. The summed E-state index contributed by atoms with van der Waals surface area (Å²) in [6.07, 6.45) is 0. The van der Waals surface area contributed by atoms with Gasteiger partial charge in [-0.2, -0.15) is 0 Å². The number of aryl methyl sites for hydroxylation is 2. The molecule has 0 aliphatic carbocycles. The zero-order valence-electron chi connectivity index (χ0n) is 11.4. The Hall–Kier alpha value is -2.00. The molecule has 104 valence electrons. The average molecular weight is 291 g/mol. The zero-order chi connectivity index (χ0) is 14.5. The first-order valence-electron chi connectivity index (χ1n) is 6.22. The highest BCUT2D eigenvalue weighted by atomic mass is 35.5. The summed E-state index contributed by atoms with van der Waals surface area (Å²) in [7, 11) is 0. The smallest absolute Gasteiger partial charge is 0.349 e. The molecule has 2 rings (SSSR count). The molecular weight excluding hydrogens is 276 g/mol. The Morgan fingerprint density at radius 3 is 2.35 bits per heavy atom. The maximum absolute atomic E-state index is 11.8. The normalized spacial score (nSPS) is 10.2. The zero-order valence-corrected chi connectivity index (χ0v) is 12.1. The number of benzene rings is 2. The van der Waals surface area contributed by atoms with Gasteiger partial charge in [-0.15, -0.1) is 0 Å². The molecule has 0 aromatic heterocycles. The molecule has 0 heterocycles. The maximum Gasteiger partial charge on any atom is 0.349 e. The lowest BCUT2D eigenvalue weighted by atomic mass is 10.1. The van der Waals surface area contributed by atoms with E-state index in [0.29, 0.717) is 16.5 Å². The summed E-state index contributed by atoms with van der Waals surface area (Å²) in [5.41, 5.74) is 1.96. The number of para-hydroxylation sites is 2.